The lowest BCUT2D eigenvalue weighted by Gasteiger charge is -2.07. The summed E-state index contributed by atoms with van der Waals surface area (Å²) in [6.45, 7) is 4.28. The molecule has 0 saturated heterocycles. The molecule has 78 valence electrons. The van der Waals surface area contributed by atoms with Crippen molar-refractivity contribution < 1.29 is 4.74 Å². The number of rotatable bonds is 6. The number of hydrogen-bond donors (Lipinski definition) is 1. The number of nitrogens with two attached hydrogens (primary N) is 1. The summed E-state index contributed by atoms with van der Waals surface area (Å²) in [6.07, 6.45) is 2.31. The Balaban J connectivity index is 2.41. The van der Waals surface area contributed by atoms with Crippen LogP contribution in [0.15, 0.2) is 24.3 Å². The number of hydrogen-bond acceptors (Lipinski definition) is 2. The van der Waals surface area contributed by atoms with Gasteiger partial charge in [-0.25, -0.2) is 0 Å². The van der Waals surface area contributed by atoms with E-state index in [0.29, 0.717) is 13.2 Å². The molecule has 0 saturated carbocycles. The van der Waals surface area contributed by atoms with E-state index in [1.165, 1.54) is 17.5 Å². The van der Waals surface area contributed by atoms with Crippen molar-refractivity contribution in [1.29, 1.82) is 0 Å². The van der Waals surface area contributed by atoms with Crippen LogP contribution < -0.4 is 5.73 Å². The Kier molecular flexibility index (Phi) is 5.27. The second-order valence-electron chi connectivity index (χ2n) is 3.38. The summed E-state index contributed by atoms with van der Waals surface area (Å²) in [7, 11) is 0. The topological polar surface area (TPSA) is 35.2 Å². The first kappa shape index (κ1) is 11.2. The molecule has 0 aliphatic carbocycles. The van der Waals surface area contributed by atoms with Crippen LogP contribution in [0.1, 0.15) is 30.9 Å². The summed E-state index contributed by atoms with van der Waals surface area (Å²) >= 11 is 0. The van der Waals surface area contributed by atoms with Gasteiger partial charge in [-0.1, -0.05) is 37.6 Å². The first-order valence-corrected chi connectivity index (χ1v) is 5.23. The Morgan fingerprint density at radius 3 is 2.57 bits per heavy atom. The minimum atomic E-state index is 0.591. The molecule has 14 heavy (non-hydrogen) atoms. The van der Waals surface area contributed by atoms with E-state index in [4.69, 9.17) is 10.5 Å². The Morgan fingerprint density at radius 1 is 1.21 bits per heavy atom. The average Bonchev–Trinajstić information content (AvgIpc) is 2.25. The maximum Gasteiger partial charge on any atom is 0.0720 e. The molecule has 0 bridgehead atoms. The predicted molar refractivity (Wildman–Crippen MR) is 58.9 cm³/mol. The minimum absolute atomic E-state index is 0.591. The van der Waals surface area contributed by atoms with Gasteiger partial charge in [-0.3, -0.25) is 0 Å². The maximum atomic E-state index is 5.63. The lowest BCUT2D eigenvalue weighted by molar-refractivity contribution is 0.117. The van der Waals surface area contributed by atoms with Gasteiger partial charge in [0.15, 0.2) is 0 Å². The molecular formula is C12H19NO. The summed E-state index contributed by atoms with van der Waals surface area (Å²) in [5, 5.41) is 0. The third-order valence-electron chi connectivity index (χ3n) is 2.24. The van der Waals surface area contributed by atoms with Gasteiger partial charge in [0.1, 0.15) is 0 Å². The van der Waals surface area contributed by atoms with Gasteiger partial charge < -0.3 is 10.5 Å². The van der Waals surface area contributed by atoms with Crippen molar-refractivity contribution in [3.63, 3.8) is 0 Å². The molecule has 2 N–H and O–H groups in total. The number of benzene rings is 1. The fraction of sp³-hybridized carbons (Fsp3) is 0.500. The largest absolute Gasteiger partial charge is 0.377 e. The van der Waals surface area contributed by atoms with E-state index in [0.717, 1.165) is 13.0 Å². The molecule has 0 amide bonds. The van der Waals surface area contributed by atoms with Crippen LogP contribution in [-0.4, -0.2) is 6.61 Å². The van der Waals surface area contributed by atoms with Gasteiger partial charge in [-0.2, -0.15) is 0 Å². The van der Waals surface area contributed by atoms with Gasteiger partial charge in [0.2, 0.25) is 0 Å². The molecule has 0 heterocycles. The van der Waals surface area contributed by atoms with Crippen LogP contribution in [0, 0.1) is 0 Å². The summed E-state index contributed by atoms with van der Waals surface area (Å²) in [6, 6.07) is 8.17. The lowest BCUT2D eigenvalue weighted by Crippen LogP contribution is -2.03. The van der Waals surface area contributed by atoms with E-state index in [2.05, 4.69) is 19.1 Å². The van der Waals surface area contributed by atoms with Crippen molar-refractivity contribution in [1.82, 2.24) is 0 Å². The third kappa shape index (κ3) is 3.48. The third-order valence-corrected chi connectivity index (χ3v) is 2.24. The van der Waals surface area contributed by atoms with Gasteiger partial charge in [0.25, 0.3) is 0 Å². The quantitative estimate of drug-likeness (QED) is 0.704. The Hall–Kier alpha value is -0.860. The van der Waals surface area contributed by atoms with Crippen LogP contribution >= 0.6 is 0 Å². The number of ether oxygens (including phenoxy) is 1. The van der Waals surface area contributed by atoms with E-state index in [1.807, 2.05) is 12.1 Å². The van der Waals surface area contributed by atoms with E-state index in [1.54, 1.807) is 0 Å². The highest BCUT2D eigenvalue weighted by Crippen LogP contribution is 2.09. The molecule has 0 aromatic heterocycles. The second kappa shape index (κ2) is 6.57. The molecule has 2 heteroatoms. The zero-order valence-corrected chi connectivity index (χ0v) is 8.83. The average molecular weight is 193 g/mol. The Labute approximate surface area is 86.1 Å². The van der Waals surface area contributed by atoms with Crippen LogP contribution in [0.5, 0.6) is 0 Å². The second-order valence-corrected chi connectivity index (χ2v) is 3.38. The van der Waals surface area contributed by atoms with Gasteiger partial charge in [-0.05, 0) is 17.5 Å². The summed E-state index contributed by atoms with van der Waals surface area (Å²) in [5.41, 5.74) is 8.02. The zero-order chi connectivity index (χ0) is 10.2. The van der Waals surface area contributed by atoms with Crippen LogP contribution in [0.25, 0.3) is 0 Å². The SMILES string of the molecule is CCCCOCc1ccccc1CN. The van der Waals surface area contributed by atoms with Crippen LogP contribution in [0.2, 0.25) is 0 Å². The van der Waals surface area contributed by atoms with E-state index < -0.39 is 0 Å². The van der Waals surface area contributed by atoms with Gasteiger partial charge in [0, 0.05) is 13.2 Å². The van der Waals surface area contributed by atoms with Crippen molar-refractivity contribution in [3.05, 3.63) is 35.4 Å². The Morgan fingerprint density at radius 2 is 1.93 bits per heavy atom. The molecule has 0 radical (unpaired) electrons. The molecule has 0 fully saturated rings. The highest BCUT2D eigenvalue weighted by Gasteiger charge is 1.98. The lowest BCUT2D eigenvalue weighted by atomic mass is 10.1. The molecular weight excluding hydrogens is 174 g/mol. The molecule has 0 aliphatic rings. The molecule has 0 unspecified atom stereocenters. The Bertz CT molecular complexity index is 260. The summed E-state index contributed by atoms with van der Waals surface area (Å²) in [4.78, 5) is 0. The fourth-order valence-corrected chi connectivity index (χ4v) is 1.33. The monoisotopic (exact) mass is 193 g/mol. The van der Waals surface area contributed by atoms with Crippen LogP contribution in [-0.2, 0) is 17.9 Å². The summed E-state index contributed by atoms with van der Waals surface area (Å²) in [5.74, 6) is 0. The predicted octanol–water partition coefficient (Wildman–Crippen LogP) is 2.46. The molecule has 2 nitrogen and oxygen atoms in total. The molecule has 0 spiro atoms. The standard InChI is InChI=1S/C12H19NO/c1-2-3-8-14-10-12-7-5-4-6-11(12)9-13/h4-7H,2-3,8-10,13H2,1H3. The van der Waals surface area contributed by atoms with Gasteiger partial charge in [0.05, 0.1) is 6.61 Å². The normalized spacial score (nSPS) is 10.4. The van der Waals surface area contributed by atoms with Crippen LogP contribution in [0.4, 0.5) is 0 Å². The molecule has 1 aromatic carbocycles. The summed E-state index contributed by atoms with van der Waals surface area (Å²) < 4.78 is 5.55. The minimum Gasteiger partial charge on any atom is -0.377 e. The maximum absolute atomic E-state index is 5.63. The highest BCUT2D eigenvalue weighted by atomic mass is 16.5. The van der Waals surface area contributed by atoms with Crippen molar-refractivity contribution in [3.8, 4) is 0 Å². The fourth-order valence-electron chi connectivity index (χ4n) is 1.33. The molecule has 0 aliphatic heterocycles. The van der Waals surface area contributed by atoms with E-state index >= 15 is 0 Å². The van der Waals surface area contributed by atoms with Crippen molar-refractivity contribution >= 4 is 0 Å². The van der Waals surface area contributed by atoms with E-state index in [9.17, 15) is 0 Å². The van der Waals surface area contributed by atoms with Crippen molar-refractivity contribution in [2.24, 2.45) is 5.73 Å². The molecule has 1 aromatic rings. The van der Waals surface area contributed by atoms with Gasteiger partial charge >= 0.3 is 0 Å². The van der Waals surface area contributed by atoms with Crippen LogP contribution in [0.3, 0.4) is 0 Å². The van der Waals surface area contributed by atoms with Crippen molar-refractivity contribution in [2.45, 2.75) is 32.9 Å². The smallest absolute Gasteiger partial charge is 0.0720 e. The first-order valence-electron chi connectivity index (χ1n) is 5.23. The van der Waals surface area contributed by atoms with E-state index in [-0.39, 0.29) is 0 Å². The number of unbranched alkanes of at least 4 members (excludes halogenated alkanes) is 1. The molecule has 0 atom stereocenters. The zero-order valence-electron chi connectivity index (χ0n) is 8.83. The molecule has 1 rings (SSSR count). The first-order chi connectivity index (χ1) is 6.88. The van der Waals surface area contributed by atoms with Gasteiger partial charge in [-0.15, -0.1) is 0 Å². The highest BCUT2D eigenvalue weighted by molar-refractivity contribution is 5.26. The van der Waals surface area contributed by atoms with Crippen molar-refractivity contribution in [2.75, 3.05) is 6.61 Å².